The van der Waals surface area contributed by atoms with Crippen LogP contribution in [-0.2, 0) is 10.3 Å². The SMILES string of the molecule is CCCC(N)C(=O)NC1(c2ccccc2)CCCC1.Cl. The molecule has 1 aliphatic rings. The van der Waals surface area contributed by atoms with Crippen molar-refractivity contribution in [3.63, 3.8) is 0 Å². The minimum absolute atomic E-state index is 0. The zero-order valence-electron chi connectivity index (χ0n) is 12.1. The number of hydrogen-bond donors (Lipinski definition) is 2. The second-order valence-electron chi connectivity index (χ2n) is 5.54. The highest BCUT2D eigenvalue weighted by Crippen LogP contribution is 2.38. The molecule has 3 nitrogen and oxygen atoms in total. The first kappa shape index (κ1) is 17.0. The molecular formula is C16H25ClN2O. The van der Waals surface area contributed by atoms with Crippen molar-refractivity contribution in [3.05, 3.63) is 35.9 Å². The van der Waals surface area contributed by atoms with Crippen LogP contribution in [0.4, 0.5) is 0 Å². The zero-order chi connectivity index (χ0) is 13.7. The van der Waals surface area contributed by atoms with E-state index in [2.05, 4.69) is 24.4 Å². The van der Waals surface area contributed by atoms with Gasteiger partial charge in [-0.3, -0.25) is 4.79 Å². The molecular weight excluding hydrogens is 272 g/mol. The highest BCUT2D eigenvalue weighted by molar-refractivity contribution is 5.85. The van der Waals surface area contributed by atoms with Crippen LogP contribution in [0, 0.1) is 0 Å². The van der Waals surface area contributed by atoms with Gasteiger partial charge in [0.15, 0.2) is 0 Å². The molecule has 2 rings (SSSR count). The maximum absolute atomic E-state index is 12.2. The molecule has 1 aromatic carbocycles. The normalized spacial score (nSPS) is 18.1. The smallest absolute Gasteiger partial charge is 0.237 e. The van der Waals surface area contributed by atoms with E-state index in [-0.39, 0.29) is 29.9 Å². The maximum atomic E-state index is 12.2. The lowest BCUT2D eigenvalue weighted by atomic mass is 9.87. The molecule has 1 saturated carbocycles. The van der Waals surface area contributed by atoms with Crippen molar-refractivity contribution in [1.82, 2.24) is 5.32 Å². The molecule has 0 bridgehead atoms. The van der Waals surface area contributed by atoms with Gasteiger partial charge < -0.3 is 11.1 Å². The number of benzene rings is 1. The van der Waals surface area contributed by atoms with Gasteiger partial charge in [-0.15, -0.1) is 12.4 Å². The molecule has 20 heavy (non-hydrogen) atoms. The Bertz CT molecular complexity index is 416. The number of nitrogens with two attached hydrogens (primary N) is 1. The summed E-state index contributed by atoms with van der Waals surface area (Å²) in [6.07, 6.45) is 6.04. The fourth-order valence-corrected chi connectivity index (χ4v) is 2.99. The van der Waals surface area contributed by atoms with E-state index in [9.17, 15) is 4.79 Å². The lowest BCUT2D eigenvalue weighted by Gasteiger charge is -2.32. The van der Waals surface area contributed by atoms with Crippen LogP contribution in [0.3, 0.4) is 0 Å². The van der Waals surface area contributed by atoms with E-state index in [1.54, 1.807) is 0 Å². The van der Waals surface area contributed by atoms with E-state index in [1.165, 1.54) is 5.56 Å². The number of halogens is 1. The third-order valence-corrected chi connectivity index (χ3v) is 4.08. The number of amides is 1. The molecule has 0 aromatic heterocycles. The van der Waals surface area contributed by atoms with Crippen LogP contribution in [0.2, 0.25) is 0 Å². The molecule has 0 saturated heterocycles. The molecule has 1 aromatic rings. The van der Waals surface area contributed by atoms with Crippen LogP contribution in [-0.4, -0.2) is 11.9 Å². The number of rotatable bonds is 5. The van der Waals surface area contributed by atoms with Gasteiger partial charge in [0.2, 0.25) is 5.91 Å². The van der Waals surface area contributed by atoms with E-state index in [0.717, 1.165) is 38.5 Å². The summed E-state index contributed by atoms with van der Waals surface area (Å²) < 4.78 is 0. The van der Waals surface area contributed by atoms with Crippen LogP contribution in [0.1, 0.15) is 51.0 Å². The van der Waals surface area contributed by atoms with Gasteiger partial charge in [-0.05, 0) is 24.8 Å². The Morgan fingerprint density at radius 3 is 2.45 bits per heavy atom. The third kappa shape index (κ3) is 3.74. The van der Waals surface area contributed by atoms with Crippen molar-refractivity contribution in [2.24, 2.45) is 5.73 Å². The summed E-state index contributed by atoms with van der Waals surface area (Å²) in [6, 6.07) is 9.91. The Kier molecular flexibility index (Phi) is 6.50. The average Bonchev–Trinajstić information content (AvgIpc) is 2.90. The second kappa shape index (κ2) is 7.65. The van der Waals surface area contributed by atoms with Crippen molar-refractivity contribution < 1.29 is 4.79 Å². The van der Waals surface area contributed by atoms with Crippen molar-refractivity contribution >= 4 is 18.3 Å². The third-order valence-electron chi connectivity index (χ3n) is 4.08. The molecule has 112 valence electrons. The Hall–Kier alpha value is -1.06. The fourth-order valence-electron chi connectivity index (χ4n) is 2.99. The first-order valence-corrected chi connectivity index (χ1v) is 7.31. The largest absolute Gasteiger partial charge is 0.345 e. The molecule has 0 radical (unpaired) electrons. The van der Waals surface area contributed by atoms with Gasteiger partial charge >= 0.3 is 0 Å². The number of carbonyl (C=O) groups excluding carboxylic acids is 1. The fraction of sp³-hybridized carbons (Fsp3) is 0.562. The van der Waals surface area contributed by atoms with Gasteiger partial charge in [-0.2, -0.15) is 0 Å². The topological polar surface area (TPSA) is 55.1 Å². The van der Waals surface area contributed by atoms with Crippen LogP contribution in [0.5, 0.6) is 0 Å². The summed E-state index contributed by atoms with van der Waals surface area (Å²) in [5.41, 5.74) is 6.95. The summed E-state index contributed by atoms with van der Waals surface area (Å²) >= 11 is 0. The lowest BCUT2D eigenvalue weighted by molar-refractivity contribution is -0.124. The molecule has 0 aliphatic heterocycles. The molecule has 4 heteroatoms. The van der Waals surface area contributed by atoms with Gasteiger partial charge in [0.05, 0.1) is 11.6 Å². The van der Waals surface area contributed by atoms with Crippen LogP contribution in [0.25, 0.3) is 0 Å². The Morgan fingerprint density at radius 2 is 1.90 bits per heavy atom. The zero-order valence-corrected chi connectivity index (χ0v) is 12.9. The van der Waals surface area contributed by atoms with E-state index in [4.69, 9.17) is 5.73 Å². The van der Waals surface area contributed by atoms with Crippen LogP contribution in [0.15, 0.2) is 30.3 Å². The molecule has 0 heterocycles. The molecule has 1 unspecified atom stereocenters. The van der Waals surface area contributed by atoms with Gasteiger partial charge in [-0.1, -0.05) is 56.5 Å². The highest BCUT2D eigenvalue weighted by Gasteiger charge is 2.37. The lowest BCUT2D eigenvalue weighted by Crippen LogP contribution is -2.50. The van der Waals surface area contributed by atoms with E-state index < -0.39 is 0 Å². The van der Waals surface area contributed by atoms with E-state index in [0.29, 0.717) is 0 Å². The quantitative estimate of drug-likeness (QED) is 0.877. The standard InChI is InChI=1S/C16H24N2O.ClH/c1-2-8-14(17)15(19)18-16(11-6-7-12-16)13-9-4-3-5-10-13;/h3-5,9-10,14H,2,6-8,11-12,17H2,1H3,(H,18,19);1H. The van der Waals surface area contributed by atoms with Crippen molar-refractivity contribution in [3.8, 4) is 0 Å². The first-order chi connectivity index (χ1) is 9.18. The van der Waals surface area contributed by atoms with Crippen molar-refractivity contribution in [2.45, 2.75) is 57.0 Å². The Labute approximate surface area is 127 Å². The molecule has 1 atom stereocenters. The van der Waals surface area contributed by atoms with E-state index in [1.807, 2.05) is 18.2 Å². The molecule has 0 spiro atoms. The minimum atomic E-state index is -0.383. The summed E-state index contributed by atoms with van der Waals surface area (Å²) in [4.78, 5) is 12.2. The predicted octanol–water partition coefficient (Wildman–Crippen LogP) is 3.12. The summed E-state index contributed by atoms with van der Waals surface area (Å²) in [5, 5.41) is 3.23. The van der Waals surface area contributed by atoms with Gasteiger partial charge in [0.1, 0.15) is 0 Å². The minimum Gasteiger partial charge on any atom is -0.345 e. The number of nitrogens with one attached hydrogen (secondary N) is 1. The van der Waals surface area contributed by atoms with Crippen LogP contribution < -0.4 is 11.1 Å². The molecule has 1 amide bonds. The Balaban J connectivity index is 0.00000200. The Morgan fingerprint density at radius 1 is 1.30 bits per heavy atom. The second-order valence-corrected chi connectivity index (χ2v) is 5.54. The average molecular weight is 297 g/mol. The first-order valence-electron chi connectivity index (χ1n) is 7.31. The maximum Gasteiger partial charge on any atom is 0.237 e. The van der Waals surface area contributed by atoms with Crippen molar-refractivity contribution in [2.75, 3.05) is 0 Å². The number of hydrogen-bond acceptors (Lipinski definition) is 2. The summed E-state index contributed by atoms with van der Waals surface area (Å²) in [6.45, 7) is 2.05. The highest BCUT2D eigenvalue weighted by atomic mass is 35.5. The predicted molar refractivity (Wildman–Crippen MR) is 84.9 cm³/mol. The summed E-state index contributed by atoms with van der Waals surface area (Å²) in [7, 11) is 0. The monoisotopic (exact) mass is 296 g/mol. The molecule has 1 aliphatic carbocycles. The molecule has 1 fully saturated rings. The van der Waals surface area contributed by atoms with Crippen molar-refractivity contribution in [1.29, 1.82) is 0 Å². The van der Waals surface area contributed by atoms with Gasteiger partial charge in [0, 0.05) is 0 Å². The van der Waals surface area contributed by atoms with Crippen LogP contribution >= 0.6 is 12.4 Å². The van der Waals surface area contributed by atoms with E-state index >= 15 is 0 Å². The van der Waals surface area contributed by atoms with Gasteiger partial charge in [0.25, 0.3) is 0 Å². The van der Waals surface area contributed by atoms with Gasteiger partial charge in [-0.25, -0.2) is 0 Å². The number of carbonyl (C=O) groups is 1. The molecule has 3 N–H and O–H groups in total. The summed E-state index contributed by atoms with van der Waals surface area (Å²) in [5.74, 6) is -0.00685.